The van der Waals surface area contributed by atoms with E-state index in [-0.39, 0.29) is 11.7 Å². The lowest BCUT2D eigenvalue weighted by molar-refractivity contribution is -0.113. The molecular weight excluding hydrogens is 432 g/mol. The lowest BCUT2D eigenvalue weighted by atomic mass is 10.1. The SMILES string of the molecule is COC(=O)c1ccc(C)c(NC(=O)CSc2nnc(-c3ccco3)c(-c3ccco3)n2)c1. The van der Waals surface area contributed by atoms with Crippen molar-refractivity contribution in [3.05, 3.63) is 66.1 Å². The van der Waals surface area contributed by atoms with Crippen molar-refractivity contribution in [2.24, 2.45) is 0 Å². The zero-order valence-corrected chi connectivity index (χ0v) is 18.0. The van der Waals surface area contributed by atoms with E-state index in [9.17, 15) is 9.59 Å². The number of carbonyl (C=O) groups is 2. The van der Waals surface area contributed by atoms with Gasteiger partial charge in [-0.15, -0.1) is 10.2 Å². The third-order valence-corrected chi connectivity index (χ3v) is 5.28. The van der Waals surface area contributed by atoms with Crippen molar-refractivity contribution in [1.29, 1.82) is 0 Å². The number of aromatic nitrogens is 3. The van der Waals surface area contributed by atoms with Gasteiger partial charge in [-0.1, -0.05) is 17.8 Å². The number of rotatable bonds is 7. The van der Waals surface area contributed by atoms with Gasteiger partial charge < -0.3 is 18.9 Å². The molecule has 1 N–H and O–H groups in total. The summed E-state index contributed by atoms with van der Waals surface area (Å²) in [5, 5.41) is 11.4. The molecule has 0 spiro atoms. The minimum atomic E-state index is -0.476. The number of thioether (sulfide) groups is 1. The zero-order valence-electron chi connectivity index (χ0n) is 17.2. The maximum atomic E-state index is 12.5. The molecule has 0 fully saturated rings. The molecule has 162 valence electrons. The van der Waals surface area contributed by atoms with Gasteiger partial charge in [0, 0.05) is 5.69 Å². The van der Waals surface area contributed by atoms with Crippen molar-refractivity contribution >= 4 is 29.3 Å². The highest BCUT2D eigenvalue weighted by Crippen LogP contribution is 2.30. The lowest BCUT2D eigenvalue weighted by Gasteiger charge is -2.10. The Kier molecular flexibility index (Phi) is 6.31. The van der Waals surface area contributed by atoms with E-state index in [0.717, 1.165) is 17.3 Å². The van der Waals surface area contributed by atoms with Gasteiger partial charge in [0.1, 0.15) is 5.69 Å². The summed E-state index contributed by atoms with van der Waals surface area (Å²) < 4.78 is 15.6. The van der Waals surface area contributed by atoms with Crippen LogP contribution in [0, 0.1) is 6.92 Å². The number of nitrogens with zero attached hydrogens (tertiary/aromatic N) is 3. The fourth-order valence-electron chi connectivity index (χ4n) is 2.85. The Morgan fingerprint density at radius 3 is 2.41 bits per heavy atom. The van der Waals surface area contributed by atoms with Crippen LogP contribution in [0.4, 0.5) is 5.69 Å². The van der Waals surface area contributed by atoms with Gasteiger partial charge in [-0.3, -0.25) is 4.79 Å². The number of esters is 1. The molecule has 3 heterocycles. The molecule has 0 aliphatic heterocycles. The second kappa shape index (κ2) is 9.48. The highest BCUT2D eigenvalue weighted by atomic mass is 32.2. The molecule has 32 heavy (non-hydrogen) atoms. The van der Waals surface area contributed by atoms with Gasteiger partial charge in [0.05, 0.1) is 31.0 Å². The van der Waals surface area contributed by atoms with Crippen molar-refractivity contribution in [2.75, 3.05) is 18.2 Å². The van der Waals surface area contributed by atoms with Crippen molar-refractivity contribution < 1.29 is 23.2 Å². The van der Waals surface area contributed by atoms with E-state index in [4.69, 9.17) is 13.6 Å². The van der Waals surface area contributed by atoms with Gasteiger partial charge in [-0.05, 0) is 48.9 Å². The topological polar surface area (TPSA) is 120 Å². The molecule has 9 nitrogen and oxygen atoms in total. The number of amides is 1. The molecule has 0 aliphatic carbocycles. The number of anilines is 1. The molecule has 0 bridgehead atoms. The Morgan fingerprint density at radius 1 is 1.03 bits per heavy atom. The number of methoxy groups -OCH3 is 1. The average Bonchev–Trinajstić information content (AvgIpc) is 3.53. The molecule has 0 atom stereocenters. The summed E-state index contributed by atoms with van der Waals surface area (Å²) in [7, 11) is 1.30. The van der Waals surface area contributed by atoms with Gasteiger partial charge in [0.2, 0.25) is 11.1 Å². The number of carbonyl (C=O) groups excluding carboxylic acids is 2. The normalized spacial score (nSPS) is 10.7. The van der Waals surface area contributed by atoms with Crippen LogP contribution in [-0.2, 0) is 9.53 Å². The first kappa shape index (κ1) is 21.3. The van der Waals surface area contributed by atoms with Crippen molar-refractivity contribution in [3.63, 3.8) is 0 Å². The molecule has 0 unspecified atom stereocenters. The predicted molar refractivity (Wildman–Crippen MR) is 117 cm³/mol. The van der Waals surface area contributed by atoms with E-state index in [0.29, 0.717) is 39.3 Å². The van der Waals surface area contributed by atoms with Crippen molar-refractivity contribution in [2.45, 2.75) is 12.1 Å². The standard InChI is InChI=1S/C22H18N4O5S/c1-13-7-8-14(21(28)29-2)11-15(13)23-18(27)12-32-22-24-19(16-5-3-9-30-16)20(25-26-22)17-6-4-10-31-17/h3-11H,12H2,1-2H3,(H,23,27). The molecule has 4 rings (SSSR count). The van der Waals surface area contributed by atoms with E-state index >= 15 is 0 Å². The number of benzene rings is 1. The predicted octanol–water partition coefficient (Wildman–Crippen LogP) is 4.22. The van der Waals surface area contributed by atoms with E-state index in [1.807, 2.05) is 6.92 Å². The number of furan rings is 2. The third kappa shape index (κ3) is 4.70. The Morgan fingerprint density at radius 2 is 1.75 bits per heavy atom. The lowest BCUT2D eigenvalue weighted by Crippen LogP contribution is -2.16. The van der Waals surface area contributed by atoms with Crippen molar-refractivity contribution in [3.8, 4) is 22.9 Å². The zero-order chi connectivity index (χ0) is 22.5. The molecule has 0 saturated heterocycles. The number of aryl methyl sites for hydroxylation is 1. The molecule has 3 aromatic heterocycles. The second-order valence-corrected chi connectivity index (χ2v) is 7.55. The first-order valence-corrected chi connectivity index (χ1v) is 10.5. The summed E-state index contributed by atoms with van der Waals surface area (Å²) in [5.41, 5.74) is 2.60. The fourth-order valence-corrected chi connectivity index (χ4v) is 3.44. The Labute approximate surface area is 187 Å². The highest BCUT2D eigenvalue weighted by molar-refractivity contribution is 7.99. The summed E-state index contributed by atoms with van der Waals surface area (Å²) >= 11 is 1.13. The molecular formula is C22H18N4O5S. The van der Waals surface area contributed by atoms with E-state index in [1.165, 1.54) is 19.6 Å². The molecule has 1 aromatic carbocycles. The number of ether oxygens (including phenoxy) is 1. The van der Waals surface area contributed by atoms with Crippen LogP contribution in [0.5, 0.6) is 0 Å². The number of nitrogens with one attached hydrogen (secondary N) is 1. The quantitative estimate of drug-likeness (QED) is 0.326. The van der Waals surface area contributed by atoms with Crippen LogP contribution in [0.2, 0.25) is 0 Å². The Hall–Kier alpha value is -3.92. The van der Waals surface area contributed by atoms with Crippen LogP contribution in [0.3, 0.4) is 0 Å². The van der Waals surface area contributed by atoms with Gasteiger partial charge in [0.15, 0.2) is 17.2 Å². The van der Waals surface area contributed by atoms with Crippen LogP contribution in [-0.4, -0.2) is 39.9 Å². The van der Waals surface area contributed by atoms with E-state index in [1.54, 1.807) is 42.5 Å². The molecule has 0 radical (unpaired) electrons. The van der Waals surface area contributed by atoms with Crippen LogP contribution < -0.4 is 5.32 Å². The molecule has 0 aliphatic rings. The number of hydrogen-bond acceptors (Lipinski definition) is 9. The Bertz CT molecular complexity index is 1240. The molecule has 1 amide bonds. The van der Waals surface area contributed by atoms with Gasteiger partial charge in [-0.2, -0.15) is 0 Å². The minimum Gasteiger partial charge on any atom is -0.465 e. The Balaban J connectivity index is 1.49. The molecule has 10 heteroatoms. The summed E-state index contributed by atoms with van der Waals surface area (Å²) in [6.07, 6.45) is 3.07. The van der Waals surface area contributed by atoms with Gasteiger partial charge in [0.25, 0.3) is 0 Å². The summed E-state index contributed by atoms with van der Waals surface area (Å²) in [4.78, 5) is 28.7. The molecule has 0 saturated carbocycles. The van der Waals surface area contributed by atoms with E-state index < -0.39 is 5.97 Å². The van der Waals surface area contributed by atoms with Crippen LogP contribution in [0.25, 0.3) is 22.9 Å². The van der Waals surface area contributed by atoms with Crippen LogP contribution in [0.15, 0.2) is 69.0 Å². The molecule has 4 aromatic rings. The monoisotopic (exact) mass is 450 g/mol. The largest absolute Gasteiger partial charge is 0.465 e. The smallest absolute Gasteiger partial charge is 0.337 e. The summed E-state index contributed by atoms with van der Waals surface area (Å²) in [6.45, 7) is 1.83. The van der Waals surface area contributed by atoms with E-state index in [2.05, 4.69) is 20.5 Å². The third-order valence-electron chi connectivity index (χ3n) is 4.44. The van der Waals surface area contributed by atoms with Gasteiger partial charge >= 0.3 is 5.97 Å². The highest BCUT2D eigenvalue weighted by Gasteiger charge is 2.18. The van der Waals surface area contributed by atoms with Gasteiger partial charge in [-0.25, -0.2) is 9.78 Å². The summed E-state index contributed by atoms with van der Waals surface area (Å²) in [6, 6.07) is 12.0. The average molecular weight is 450 g/mol. The first-order chi connectivity index (χ1) is 15.5. The number of hydrogen-bond donors (Lipinski definition) is 1. The minimum absolute atomic E-state index is 0.0429. The van der Waals surface area contributed by atoms with Crippen LogP contribution in [0.1, 0.15) is 15.9 Å². The second-order valence-electron chi connectivity index (χ2n) is 6.60. The summed E-state index contributed by atoms with van der Waals surface area (Å²) in [5.74, 6) is 0.302. The fraction of sp³-hybridized carbons (Fsp3) is 0.136. The van der Waals surface area contributed by atoms with Crippen LogP contribution >= 0.6 is 11.8 Å². The maximum Gasteiger partial charge on any atom is 0.337 e. The first-order valence-electron chi connectivity index (χ1n) is 9.49. The maximum absolute atomic E-state index is 12.5. The van der Waals surface area contributed by atoms with Crippen molar-refractivity contribution in [1.82, 2.24) is 15.2 Å².